The van der Waals surface area contributed by atoms with Crippen LogP contribution in [-0.4, -0.2) is 37.2 Å². The summed E-state index contributed by atoms with van der Waals surface area (Å²) in [6.07, 6.45) is 32.4. The van der Waals surface area contributed by atoms with Gasteiger partial charge in [0.2, 0.25) is 0 Å². The number of ether oxygens (including phenoxy) is 3. The van der Waals surface area contributed by atoms with Gasteiger partial charge in [-0.25, -0.2) is 0 Å². The second-order valence-electron chi connectivity index (χ2n) is 15.6. The maximum Gasteiger partial charge on any atom is 0.306 e. The molecule has 0 aromatic rings. The van der Waals surface area contributed by atoms with Crippen molar-refractivity contribution in [2.45, 2.75) is 233 Å². The molecular formula is C43H82O6. The van der Waals surface area contributed by atoms with Gasteiger partial charge in [-0.15, -0.1) is 0 Å². The van der Waals surface area contributed by atoms with E-state index in [0.29, 0.717) is 19.3 Å². The van der Waals surface area contributed by atoms with Crippen LogP contribution in [0.15, 0.2) is 0 Å². The van der Waals surface area contributed by atoms with E-state index < -0.39 is 6.10 Å². The van der Waals surface area contributed by atoms with Crippen molar-refractivity contribution >= 4 is 17.9 Å². The maximum atomic E-state index is 12.6. The summed E-state index contributed by atoms with van der Waals surface area (Å²) in [6, 6.07) is 0. The molecule has 0 saturated carbocycles. The van der Waals surface area contributed by atoms with Gasteiger partial charge >= 0.3 is 17.9 Å². The Morgan fingerprint density at radius 3 is 1.00 bits per heavy atom. The molecule has 0 N–H and O–H groups in total. The van der Waals surface area contributed by atoms with Gasteiger partial charge in [0, 0.05) is 19.3 Å². The second-order valence-corrected chi connectivity index (χ2v) is 15.6. The molecule has 0 aromatic carbocycles. The highest BCUT2D eigenvalue weighted by molar-refractivity contribution is 5.71. The van der Waals surface area contributed by atoms with Gasteiger partial charge in [-0.1, -0.05) is 189 Å². The Hall–Kier alpha value is -1.59. The van der Waals surface area contributed by atoms with Gasteiger partial charge in [0.15, 0.2) is 6.10 Å². The average Bonchev–Trinajstić information content (AvgIpc) is 3.06. The molecule has 0 radical (unpaired) electrons. The largest absolute Gasteiger partial charge is 0.462 e. The molecule has 0 aliphatic carbocycles. The van der Waals surface area contributed by atoms with Crippen molar-refractivity contribution in [3.63, 3.8) is 0 Å². The third-order valence-electron chi connectivity index (χ3n) is 9.47. The maximum absolute atomic E-state index is 12.6. The van der Waals surface area contributed by atoms with Crippen molar-refractivity contribution < 1.29 is 28.6 Å². The Kier molecular flexibility index (Phi) is 35.0. The van der Waals surface area contributed by atoms with Gasteiger partial charge in [0.1, 0.15) is 13.2 Å². The van der Waals surface area contributed by atoms with Crippen molar-refractivity contribution in [1.29, 1.82) is 0 Å². The van der Waals surface area contributed by atoms with Gasteiger partial charge in [0.05, 0.1) is 0 Å². The zero-order chi connectivity index (χ0) is 36.2. The van der Waals surface area contributed by atoms with Crippen LogP contribution in [0.1, 0.15) is 227 Å². The summed E-state index contributed by atoms with van der Waals surface area (Å²) in [7, 11) is 0. The van der Waals surface area contributed by atoms with Crippen molar-refractivity contribution in [1.82, 2.24) is 0 Å². The zero-order valence-electron chi connectivity index (χ0n) is 33.3. The van der Waals surface area contributed by atoms with E-state index in [9.17, 15) is 14.4 Å². The lowest BCUT2D eigenvalue weighted by Crippen LogP contribution is -2.30. The van der Waals surface area contributed by atoms with E-state index in [2.05, 4.69) is 34.6 Å². The second kappa shape index (κ2) is 36.2. The Labute approximate surface area is 304 Å². The highest BCUT2D eigenvalue weighted by atomic mass is 16.6. The molecule has 1 atom stereocenters. The van der Waals surface area contributed by atoms with Crippen LogP contribution < -0.4 is 0 Å². The number of rotatable bonds is 37. The number of carbonyl (C=O) groups is 3. The Morgan fingerprint density at radius 2 is 0.673 bits per heavy atom. The first-order valence-electron chi connectivity index (χ1n) is 21.2. The quantitative estimate of drug-likeness (QED) is 0.0366. The summed E-state index contributed by atoms with van der Waals surface area (Å²) in [6.45, 7) is 11.2. The lowest BCUT2D eigenvalue weighted by Gasteiger charge is -2.18. The smallest absolute Gasteiger partial charge is 0.306 e. The van der Waals surface area contributed by atoms with Gasteiger partial charge in [-0.05, 0) is 31.1 Å². The fourth-order valence-electron chi connectivity index (χ4n) is 6.22. The topological polar surface area (TPSA) is 78.9 Å². The standard InChI is InChI=1S/C43H82O6/c1-6-7-8-9-10-12-18-23-28-33-41(44)47-36-40(49-43(46)35-30-25-20-15-17-22-27-32-39(4)5)37-48-42(45)34-29-24-19-14-11-13-16-21-26-31-38(2)3/h38-40H,6-37H2,1-5H3/t40-/m0/s1. The Bertz CT molecular complexity index is 749. The first-order chi connectivity index (χ1) is 23.7. The number of esters is 3. The summed E-state index contributed by atoms with van der Waals surface area (Å²) < 4.78 is 16.6. The van der Waals surface area contributed by atoms with E-state index in [1.54, 1.807) is 0 Å². The van der Waals surface area contributed by atoms with E-state index in [4.69, 9.17) is 14.2 Å². The minimum absolute atomic E-state index is 0.0663. The molecule has 6 nitrogen and oxygen atoms in total. The fraction of sp³-hybridized carbons (Fsp3) is 0.930. The number of hydrogen-bond donors (Lipinski definition) is 0. The van der Waals surface area contributed by atoms with Gasteiger partial charge in [-0.2, -0.15) is 0 Å². The molecule has 0 saturated heterocycles. The minimum atomic E-state index is -0.759. The molecule has 0 aromatic heterocycles. The summed E-state index contributed by atoms with van der Waals surface area (Å²) in [4.78, 5) is 37.5. The van der Waals surface area contributed by atoms with Crippen molar-refractivity contribution in [3.8, 4) is 0 Å². The number of hydrogen-bond acceptors (Lipinski definition) is 6. The van der Waals surface area contributed by atoms with Gasteiger partial charge < -0.3 is 14.2 Å². The monoisotopic (exact) mass is 695 g/mol. The predicted octanol–water partition coefficient (Wildman–Crippen LogP) is 13.0. The Morgan fingerprint density at radius 1 is 0.388 bits per heavy atom. The molecule has 0 aliphatic heterocycles. The van der Waals surface area contributed by atoms with Crippen LogP contribution in [0.4, 0.5) is 0 Å². The molecule has 0 spiro atoms. The van der Waals surface area contributed by atoms with E-state index >= 15 is 0 Å². The van der Waals surface area contributed by atoms with Crippen LogP contribution in [0, 0.1) is 11.8 Å². The normalized spacial score (nSPS) is 12.1. The van der Waals surface area contributed by atoms with Crippen LogP contribution in [-0.2, 0) is 28.6 Å². The molecule has 49 heavy (non-hydrogen) atoms. The van der Waals surface area contributed by atoms with E-state index in [0.717, 1.165) is 69.6 Å². The molecule has 0 bridgehead atoms. The van der Waals surface area contributed by atoms with Crippen LogP contribution in [0.25, 0.3) is 0 Å². The summed E-state index contributed by atoms with van der Waals surface area (Å²) in [5.41, 5.74) is 0. The third kappa shape index (κ3) is 37.5. The highest BCUT2D eigenvalue weighted by Crippen LogP contribution is 2.16. The lowest BCUT2D eigenvalue weighted by atomic mass is 10.0. The number of carbonyl (C=O) groups excluding carboxylic acids is 3. The highest BCUT2D eigenvalue weighted by Gasteiger charge is 2.19. The predicted molar refractivity (Wildman–Crippen MR) is 206 cm³/mol. The summed E-state index contributed by atoms with van der Waals surface area (Å²) in [5, 5.41) is 0. The molecule has 0 rings (SSSR count). The average molecular weight is 695 g/mol. The van der Waals surface area contributed by atoms with Gasteiger partial charge in [0.25, 0.3) is 0 Å². The van der Waals surface area contributed by atoms with Crippen LogP contribution in [0.2, 0.25) is 0 Å². The van der Waals surface area contributed by atoms with Crippen LogP contribution in [0.3, 0.4) is 0 Å². The minimum Gasteiger partial charge on any atom is -0.462 e. The van der Waals surface area contributed by atoms with E-state index in [1.807, 2.05) is 0 Å². The number of unbranched alkanes of at least 4 members (excludes halogenated alkanes) is 22. The third-order valence-corrected chi connectivity index (χ3v) is 9.47. The molecule has 290 valence electrons. The molecule has 0 fully saturated rings. The first-order valence-corrected chi connectivity index (χ1v) is 21.2. The van der Waals surface area contributed by atoms with E-state index in [-0.39, 0.29) is 31.1 Å². The Balaban J connectivity index is 4.34. The fourth-order valence-corrected chi connectivity index (χ4v) is 6.22. The SMILES string of the molecule is CCCCCCCCCCCC(=O)OC[C@@H](COC(=O)CCCCCCCCCCCC(C)C)OC(=O)CCCCCCCCCC(C)C. The zero-order valence-corrected chi connectivity index (χ0v) is 33.3. The van der Waals surface area contributed by atoms with Gasteiger partial charge in [-0.3, -0.25) is 14.4 Å². The molecule has 6 heteroatoms. The van der Waals surface area contributed by atoms with Crippen molar-refractivity contribution in [2.24, 2.45) is 11.8 Å². The van der Waals surface area contributed by atoms with Crippen LogP contribution in [0.5, 0.6) is 0 Å². The molecule has 0 amide bonds. The van der Waals surface area contributed by atoms with E-state index in [1.165, 1.54) is 116 Å². The van der Waals surface area contributed by atoms with Crippen molar-refractivity contribution in [2.75, 3.05) is 13.2 Å². The molecule has 0 aliphatic rings. The lowest BCUT2D eigenvalue weighted by molar-refractivity contribution is -0.167. The summed E-state index contributed by atoms with van der Waals surface area (Å²) in [5.74, 6) is 0.719. The summed E-state index contributed by atoms with van der Waals surface area (Å²) >= 11 is 0. The first kappa shape index (κ1) is 47.4. The molecule has 0 heterocycles. The molecule has 0 unspecified atom stereocenters. The molecular weight excluding hydrogens is 612 g/mol. The van der Waals surface area contributed by atoms with Crippen molar-refractivity contribution in [3.05, 3.63) is 0 Å². The van der Waals surface area contributed by atoms with Crippen LogP contribution >= 0.6 is 0 Å².